The lowest BCUT2D eigenvalue weighted by Crippen LogP contribution is -2.64. The highest BCUT2D eigenvalue weighted by atomic mass is 32.2. The average molecular weight is 373 g/mol. The average Bonchev–Trinajstić information content (AvgIpc) is 3.25. The van der Waals surface area contributed by atoms with E-state index in [0.29, 0.717) is 11.3 Å². The van der Waals surface area contributed by atoms with Crippen molar-refractivity contribution < 1.29 is 11.2 Å². The Bertz CT molecular complexity index is 1180. The zero-order valence-electron chi connectivity index (χ0n) is 15.9. The molecule has 1 aliphatic rings. The zero-order chi connectivity index (χ0) is 20.2. The monoisotopic (exact) mass is 373 g/mol. The Hall–Kier alpha value is -2.77. The number of nitrogens with zero attached hydrogens (tertiary/aromatic N) is 6. The molecule has 3 aromatic heterocycles. The third-order valence-corrected chi connectivity index (χ3v) is 6.10. The predicted molar refractivity (Wildman–Crippen MR) is 94.3 cm³/mol. The van der Waals surface area contributed by atoms with Gasteiger partial charge >= 0.3 is 0 Å². The highest BCUT2D eigenvalue weighted by Crippen LogP contribution is 2.35. The van der Waals surface area contributed by atoms with E-state index in [0.717, 1.165) is 22.2 Å². The molecule has 4 heterocycles. The summed E-state index contributed by atoms with van der Waals surface area (Å²) < 4.78 is 42.4. The molecule has 0 aliphatic carbocycles. The number of aromatic amines is 1. The van der Waals surface area contributed by atoms with Crippen LogP contribution in [0.3, 0.4) is 0 Å². The molecule has 0 unspecified atom stereocenters. The largest absolute Gasteiger partial charge is 0.346 e. The molecule has 0 aromatic carbocycles. The smallest absolute Gasteiger partial charge is 0.213 e. The Balaban J connectivity index is 1.67. The van der Waals surface area contributed by atoms with Gasteiger partial charge in [0.2, 0.25) is 10.0 Å². The van der Waals surface area contributed by atoms with Crippen LogP contribution in [0.2, 0.25) is 0 Å². The molecule has 0 atom stereocenters. The fourth-order valence-electron chi connectivity index (χ4n) is 3.20. The van der Waals surface area contributed by atoms with Gasteiger partial charge in [0.15, 0.2) is 0 Å². The highest BCUT2D eigenvalue weighted by Gasteiger charge is 2.49. The Labute approximate surface area is 153 Å². The topological polar surface area (TPSA) is 121 Å². The zero-order valence-corrected chi connectivity index (χ0v) is 14.7. The van der Waals surface area contributed by atoms with E-state index in [-0.39, 0.29) is 19.5 Å². The molecule has 0 amide bonds. The molecule has 0 radical (unpaired) electrons. The molecule has 10 heteroatoms. The maximum Gasteiger partial charge on any atom is 0.213 e. The van der Waals surface area contributed by atoms with Crippen molar-refractivity contribution >= 4 is 21.1 Å². The van der Waals surface area contributed by atoms with Crippen molar-refractivity contribution in [3.8, 4) is 17.3 Å². The number of nitrogens with one attached hydrogen (secondary N) is 1. The van der Waals surface area contributed by atoms with Crippen molar-refractivity contribution in [2.24, 2.45) is 0 Å². The van der Waals surface area contributed by atoms with Gasteiger partial charge in [-0.05, 0) is 13.0 Å². The Morgan fingerprint density at radius 2 is 2.27 bits per heavy atom. The van der Waals surface area contributed by atoms with Crippen LogP contribution in [0.4, 0.5) is 0 Å². The summed E-state index contributed by atoms with van der Waals surface area (Å²) in [6, 6.07) is 3.94. The van der Waals surface area contributed by atoms with Crippen LogP contribution >= 0.6 is 0 Å². The van der Waals surface area contributed by atoms with Gasteiger partial charge in [-0.15, -0.1) is 0 Å². The lowest BCUT2D eigenvalue weighted by atomic mass is 9.89. The minimum Gasteiger partial charge on any atom is -0.346 e. The fourth-order valence-corrected chi connectivity index (χ4v) is 4.28. The van der Waals surface area contributed by atoms with E-state index < -0.39 is 21.3 Å². The van der Waals surface area contributed by atoms with Gasteiger partial charge in [-0.25, -0.2) is 18.4 Å². The standard InChI is InChI=1S/C16H17N7O2S/c1-2-26(24,25)22-9-16(10-22,4-5-17)23-8-12(7-21-23)14-13-3-6-18-15(13)20-11-19-14/h3,6-8,11H,2,4,9-10H2,1H3,(H,18,19,20)/i2D2. The number of fused-ring (bicyclic) bond motifs is 1. The number of hydrogen-bond acceptors (Lipinski definition) is 6. The summed E-state index contributed by atoms with van der Waals surface area (Å²) >= 11 is 0. The van der Waals surface area contributed by atoms with E-state index in [1.54, 1.807) is 23.3 Å². The first-order valence-corrected chi connectivity index (χ1v) is 9.32. The summed E-state index contributed by atoms with van der Waals surface area (Å²) in [7, 11) is -4.11. The van der Waals surface area contributed by atoms with Crippen LogP contribution in [-0.2, 0) is 15.6 Å². The van der Waals surface area contributed by atoms with Crippen LogP contribution in [0.25, 0.3) is 22.3 Å². The maximum atomic E-state index is 12.3. The van der Waals surface area contributed by atoms with Crippen LogP contribution in [0, 0.1) is 11.3 Å². The molecule has 0 saturated carbocycles. The number of aromatic nitrogens is 5. The van der Waals surface area contributed by atoms with Gasteiger partial charge < -0.3 is 4.98 Å². The minimum atomic E-state index is -4.11. The normalized spacial score (nSPS) is 18.8. The molecular formula is C16H17N7O2S. The van der Waals surface area contributed by atoms with E-state index in [9.17, 15) is 13.7 Å². The van der Waals surface area contributed by atoms with Crippen molar-refractivity contribution in [2.75, 3.05) is 18.8 Å². The highest BCUT2D eigenvalue weighted by molar-refractivity contribution is 7.89. The first-order chi connectivity index (χ1) is 13.2. The van der Waals surface area contributed by atoms with Gasteiger partial charge in [0, 0.05) is 39.2 Å². The van der Waals surface area contributed by atoms with E-state index in [1.165, 1.54) is 6.33 Å². The van der Waals surface area contributed by atoms with Crippen LogP contribution in [0.5, 0.6) is 0 Å². The SMILES string of the molecule is [2H]C([2H])(C)S(=O)(=O)N1CC(CC#N)(n2cc(-c3ncnc4[nH]ccc34)cn2)C1. The summed E-state index contributed by atoms with van der Waals surface area (Å²) in [5.41, 5.74) is -1.14. The molecule has 1 aliphatic heterocycles. The molecular weight excluding hydrogens is 354 g/mol. The van der Waals surface area contributed by atoms with Crippen molar-refractivity contribution in [2.45, 2.75) is 18.9 Å². The van der Waals surface area contributed by atoms with Gasteiger partial charge in [-0.1, -0.05) is 0 Å². The van der Waals surface area contributed by atoms with E-state index >= 15 is 0 Å². The lowest BCUT2D eigenvalue weighted by molar-refractivity contribution is 0.0719. The molecule has 26 heavy (non-hydrogen) atoms. The van der Waals surface area contributed by atoms with Gasteiger partial charge in [0.1, 0.15) is 17.5 Å². The molecule has 1 saturated heterocycles. The minimum absolute atomic E-state index is 0.0132. The molecule has 0 bridgehead atoms. The summed E-state index contributed by atoms with van der Waals surface area (Å²) in [5.74, 6) is 0. The van der Waals surface area contributed by atoms with Crippen molar-refractivity contribution in [3.05, 3.63) is 31.0 Å². The number of hydrogen-bond donors (Lipinski definition) is 1. The quantitative estimate of drug-likeness (QED) is 0.715. The Morgan fingerprint density at radius 3 is 3.00 bits per heavy atom. The number of H-pyrrole nitrogens is 1. The van der Waals surface area contributed by atoms with Gasteiger partial charge in [-0.2, -0.15) is 14.7 Å². The van der Waals surface area contributed by atoms with Gasteiger partial charge in [0.05, 0.1) is 30.1 Å². The van der Waals surface area contributed by atoms with Crippen LogP contribution in [0.1, 0.15) is 16.1 Å². The van der Waals surface area contributed by atoms with Crippen molar-refractivity contribution in [3.63, 3.8) is 0 Å². The summed E-state index contributed by atoms with van der Waals surface area (Å²) in [5, 5.41) is 14.4. The van der Waals surface area contributed by atoms with E-state index in [1.807, 2.05) is 6.07 Å². The molecule has 1 fully saturated rings. The first-order valence-electron chi connectivity index (χ1n) is 8.88. The molecule has 1 N–H and O–H groups in total. The van der Waals surface area contributed by atoms with Crippen molar-refractivity contribution in [1.29, 1.82) is 5.26 Å². The third-order valence-electron chi connectivity index (χ3n) is 4.64. The second-order valence-corrected chi connectivity index (χ2v) is 8.05. The number of sulfonamides is 1. The van der Waals surface area contributed by atoms with Gasteiger partial charge in [-0.3, -0.25) is 4.68 Å². The summed E-state index contributed by atoms with van der Waals surface area (Å²) in [6.45, 7) is 0.983. The van der Waals surface area contributed by atoms with Gasteiger partial charge in [0.25, 0.3) is 0 Å². The molecule has 3 aromatic rings. The Morgan fingerprint density at radius 1 is 1.46 bits per heavy atom. The van der Waals surface area contributed by atoms with Crippen LogP contribution < -0.4 is 0 Å². The molecule has 4 rings (SSSR count). The number of nitriles is 1. The second-order valence-electron chi connectivity index (χ2n) is 6.17. The first kappa shape index (κ1) is 14.4. The van der Waals surface area contributed by atoms with Crippen LogP contribution in [0.15, 0.2) is 31.0 Å². The van der Waals surface area contributed by atoms with Crippen molar-refractivity contribution in [1.82, 2.24) is 29.0 Å². The summed E-state index contributed by atoms with van der Waals surface area (Å²) in [6.07, 6.45) is 6.60. The third kappa shape index (κ3) is 2.48. The fraction of sp³-hybridized carbons (Fsp3) is 0.375. The molecule has 0 spiro atoms. The Kier molecular flexibility index (Phi) is 3.27. The van der Waals surface area contributed by atoms with Crippen LogP contribution in [-0.4, -0.2) is 56.2 Å². The molecule has 9 nitrogen and oxygen atoms in total. The second kappa shape index (κ2) is 5.89. The molecule has 134 valence electrons. The predicted octanol–water partition coefficient (Wildman–Crippen LogP) is 1.10. The van der Waals surface area contributed by atoms with E-state index in [2.05, 4.69) is 26.1 Å². The van der Waals surface area contributed by atoms with E-state index in [4.69, 9.17) is 2.74 Å². The lowest BCUT2D eigenvalue weighted by Gasteiger charge is -2.47. The summed E-state index contributed by atoms with van der Waals surface area (Å²) in [4.78, 5) is 11.5. The maximum absolute atomic E-state index is 12.3. The number of rotatable bonds is 5.